The summed E-state index contributed by atoms with van der Waals surface area (Å²) in [4.78, 5) is 10.8. The van der Waals surface area contributed by atoms with Crippen molar-refractivity contribution in [2.45, 2.75) is 5.25 Å². The predicted molar refractivity (Wildman–Crippen MR) is 57.1 cm³/mol. The molecule has 7 nitrogen and oxygen atoms in total. The predicted octanol–water partition coefficient (Wildman–Crippen LogP) is -0.0140. The Morgan fingerprint density at radius 1 is 1.29 bits per heavy atom. The molecular formula is C9H9N3O4S. The molecule has 0 aliphatic carbocycles. The van der Waals surface area contributed by atoms with Crippen molar-refractivity contribution < 1.29 is 18.0 Å². The van der Waals surface area contributed by atoms with Crippen LogP contribution in [-0.4, -0.2) is 26.2 Å². The molecule has 0 bridgehead atoms. The lowest BCUT2D eigenvalue weighted by Crippen LogP contribution is -2.23. The average molecular weight is 255 g/mol. The molecule has 0 saturated carbocycles. The van der Waals surface area contributed by atoms with Gasteiger partial charge in [-0.3, -0.25) is 9.00 Å². The number of hydrogen-bond donors (Lipinski definition) is 1. The molecule has 0 aromatic carbocycles. The summed E-state index contributed by atoms with van der Waals surface area (Å²) in [7, 11) is -1.57. The summed E-state index contributed by atoms with van der Waals surface area (Å²) in [5.41, 5.74) is 5.85. The lowest BCUT2D eigenvalue weighted by molar-refractivity contribution is -0.115. The van der Waals surface area contributed by atoms with Gasteiger partial charge in [-0.1, -0.05) is 10.3 Å². The van der Waals surface area contributed by atoms with E-state index in [1.54, 1.807) is 12.1 Å². The molecule has 2 aromatic heterocycles. The minimum Gasteiger partial charge on any atom is -0.369 e. The zero-order valence-electron chi connectivity index (χ0n) is 8.61. The van der Waals surface area contributed by atoms with Crippen LogP contribution in [0, 0.1) is 0 Å². The number of aromatic nitrogens is 2. The van der Waals surface area contributed by atoms with Gasteiger partial charge in [-0.05, 0) is 0 Å². The van der Waals surface area contributed by atoms with Gasteiger partial charge in [0.05, 0.1) is 0 Å². The number of primary amides is 1. The second-order valence-corrected chi connectivity index (χ2v) is 4.74. The molecule has 90 valence electrons. The second-order valence-electron chi connectivity index (χ2n) is 3.22. The van der Waals surface area contributed by atoms with Crippen molar-refractivity contribution in [2.75, 3.05) is 5.75 Å². The number of nitrogens with zero attached hydrogens (tertiary/aromatic N) is 2. The van der Waals surface area contributed by atoms with Gasteiger partial charge in [0.2, 0.25) is 5.91 Å². The summed E-state index contributed by atoms with van der Waals surface area (Å²) in [6.07, 6.45) is 2.70. The average Bonchev–Trinajstić information content (AvgIpc) is 2.88. The first kappa shape index (κ1) is 11.5. The number of rotatable bonds is 5. The van der Waals surface area contributed by atoms with Crippen molar-refractivity contribution >= 4 is 16.7 Å². The van der Waals surface area contributed by atoms with Gasteiger partial charge in [-0.25, -0.2) is 0 Å². The highest BCUT2D eigenvalue weighted by Crippen LogP contribution is 2.25. The van der Waals surface area contributed by atoms with E-state index in [1.807, 2.05) is 0 Å². The Hall–Kier alpha value is -1.96. The Morgan fingerprint density at radius 2 is 1.82 bits per heavy atom. The molecule has 2 heterocycles. The smallest absolute Gasteiger partial charge is 0.230 e. The molecule has 0 radical (unpaired) electrons. The molecule has 0 spiro atoms. The van der Waals surface area contributed by atoms with E-state index >= 15 is 0 Å². The van der Waals surface area contributed by atoms with Crippen LogP contribution in [0.15, 0.2) is 33.7 Å². The number of carbonyl (C=O) groups is 1. The molecular weight excluding hydrogens is 246 g/mol. The Kier molecular flexibility index (Phi) is 3.33. The van der Waals surface area contributed by atoms with Crippen LogP contribution in [0.5, 0.6) is 0 Å². The van der Waals surface area contributed by atoms with E-state index in [9.17, 15) is 9.00 Å². The zero-order valence-corrected chi connectivity index (χ0v) is 9.42. The van der Waals surface area contributed by atoms with E-state index in [0.717, 1.165) is 0 Å². The van der Waals surface area contributed by atoms with Crippen LogP contribution >= 0.6 is 0 Å². The molecule has 17 heavy (non-hydrogen) atoms. The van der Waals surface area contributed by atoms with E-state index in [1.165, 1.54) is 12.5 Å². The van der Waals surface area contributed by atoms with Crippen LogP contribution in [-0.2, 0) is 15.6 Å². The van der Waals surface area contributed by atoms with Gasteiger partial charge >= 0.3 is 0 Å². The van der Waals surface area contributed by atoms with E-state index in [4.69, 9.17) is 5.73 Å². The SMILES string of the molecule is NC(=O)CS(=O)C(c1ccon1)c1ccon1. The molecule has 8 heteroatoms. The molecule has 2 aromatic rings. The fraction of sp³-hybridized carbons (Fsp3) is 0.222. The topological polar surface area (TPSA) is 112 Å². The molecule has 1 unspecified atom stereocenters. The van der Waals surface area contributed by atoms with E-state index in [2.05, 4.69) is 19.4 Å². The highest BCUT2D eigenvalue weighted by molar-refractivity contribution is 7.86. The molecule has 1 amide bonds. The highest BCUT2D eigenvalue weighted by Gasteiger charge is 2.27. The first-order chi connectivity index (χ1) is 8.18. The van der Waals surface area contributed by atoms with E-state index < -0.39 is 22.0 Å². The normalized spacial score (nSPS) is 12.8. The maximum Gasteiger partial charge on any atom is 0.230 e. The van der Waals surface area contributed by atoms with Crippen molar-refractivity contribution in [2.24, 2.45) is 5.73 Å². The molecule has 0 saturated heterocycles. The van der Waals surface area contributed by atoms with Gasteiger partial charge < -0.3 is 14.8 Å². The van der Waals surface area contributed by atoms with Gasteiger partial charge in [0.25, 0.3) is 0 Å². The van der Waals surface area contributed by atoms with Crippen LogP contribution in [0.25, 0.3) is 0 Å². The zero-order chi connectivity index (χ0) is 12.3. The monoisotopic (exact) mass is 255 g/mol. The summed E-state index contributed by atoms with van der Waals surface area (Å²) in [5.74, 6) is -0.926. The molecule has 0 aliphatic heterocycles. The van der Waals surface area contributed by atoms with Gasteiger partial charge in [-0.15, -0.1) is 0 Å². The molecule has 1 atom stereocenters. The number of nitrogens with two attached hydrogens (primary N) is 1. The molecule has 0 fully saturated rings. The minimum absolute atomic E-state index is 0.273. The van der Waals surface area contributed by atoms with Gasteiger partial charge in [-0.2, -0.15) is 0 Å². The molecule has 0 aliphatic rings. The summed E-state index contributed by atoms with van der Waals surface area (Å²) >= 11 is 0. The Balaban J connectivity index is 2.32. The van der Waals surface area contributed by atoms with Crippen molar-refractivity contribution in [3.8, 4) is 0 Å². The third-order valence-corrected chi connectivity index (χ3v) is 3.58. The number of hydrogen-bond acceptors (Lipinski definition) is 6. The van der Waals surface area contributed by atoms with Gasteiger partial charge in [0.15, 0.2) is 0 Å². The van der Waals surface area contributed by atoms with Crippen molar-refractivity contribution in [3.05, 3.63) is 36.0 Å². The largest absolute Gasteiger partial charge is 0.369 e. The Bertz CT molecular complexity index is 474. The third kappa shape index (κ3) is 2.59. The summed E-state index contributed by atoms with van der Waals surface area (Å²) in [5, 5.41) is 6.72. The van der Waals surface area contributed by atoms with Crippen LogP contribution < -0.4 is 5.73 Å². The lowest BCUT2D eigenvalue weighted by atomic mass is 10.2. The van der Waals surface area contributed by atoms with Crippen molar-refractivity contribution in [1.82, 2.24) is 10.3 Å². The summed E-state index contributed by atoms with van der Waals surface area (Å²) in [6.45, 7) is 0. The standard InChI is InChI=1S/C9H9N3O4S/c10-8(13)5-17(14)9(6-1-3-15-11-6)7-2-4-16-12-7/h1-4,9H,5H2,(H2,10,13). The lowest BCUT2D eigenvalue weighted by Gasteiger charge is -2.09. The quantitative estimate of drug-likeness (QED) is 0.803. The fourth-order valence-corrected chi connectivity index (χ4v) is 2.59. The minimum atomic E-state index is -1.57. The van der Waals surface area contributed by atoms with E-state index in [-0.39, 0.29) is 5.75 Å². The number of amides is 1. The first-order valence-corrected chi connectivity index (χ1v) is 6.02. The van der Waals surface area contributed by atoms with Gasteiger partial charge in [0.1, 0.15) is 34.9 Å². The van der Waals surface area contributed by atoms with E-state index in [0.29, 0.717) is 11.4 Å². The maximum atomic E-state index is 12.0. The van der Waals surface area contributed by atoms with Crippen molar-refractivity contribution in [3.63, 3.8) is 0 Å². The maximum absolute atomic E-state index is 12.0. The van der Waals surface area contributed by atoms with Crippen LogP contribution in [0.2, 0.25) is 0 Å². The molecule has 2 rings (SSSR count). The second kappa shape index (κ2) is 4.91. The third-order valence-electron chi connectivity index (χ3n) is 2.00. The summed E-state index contributed by atoms with van der Waals surface area (Å²) < 4.78 is 21.4. The Labute approximate surface area is 98.4 Å². The Morgan fingerprint density at radius 3 is 2.18 bits per heavy atom. The fourth-order valence-electron chi connectivity index (χ4n) is 1.36. The van der Waals surface area contributed by atoms with Crippen LogP contribution in [0.3, 0.4) is 0 Å². The van der Waals surface area contributed by atoms with Crippen LogP contribution in [0.4, 0.5) is 0 Å². The molecule has 2 N–H and O–H groups in total. The number of carbonyl (C=O) groups excluding carboxylic acids is 1. The summed E-state index contributed by atoms with van der Waals surface area (Å²) in [6, 6.07) is 3.11. The van der Waals surface area contributed by atoms with Crippen molar-refractivity contribution in [1.29, 1.82) is 0 Å². The van der Waals surface area contributed by atoms with Gasteiger partial charge in [0, 0.05) is 22.9 Å². The first-order valence-electron chi connectivity index (χ1n) is 4.64. The highest BCUT2D eigenvalue weighted by atomic mass is 32.2. The van der Waals surface area contributed by atoms with Crippen LogP contribution in [0.1, 0.15) is 16.6 Å².